The fraction of sp³-hybridized carbons (Fsp3) is 0.158. The average molecular weight is 392 g/mol. The molecule has 1 aromatic carbocycles. The smallest absolute Gasteiger partial charge is 0.357 e. The zero-order chi connectivity index (χ0) is 20.5. The number of furan rings is 1. The van der Waals surface area contributed by atoms with Crippen LogP contribution in [0.5, 0.6) is 0 Å². The SMILES string of the molecule is N#CCCNC(=O)COC(=O)/C(=C/c1ccco1)n1nnnc1-c1ccccc1. The summed E-state index contributed by atoms with van der Waals surface area (Å²) in [5.41, 5.74) is 0.651. The topological polar surface area (TPSA) is 136 Å². The molecule has 0 aliphatic rings. The van der Waals surface area contributed by atoms with E-state index in [1.165, 1.54) is 17.0 Å². The number of nitriles is 1. The number of hydrogen-bond donors (Lipinski definition) is 1. The number of benzene rings is 1. The number of nitrogens with one attached hydrogen (secondary N) is 1. The molecule has 3 rings (SSSR count). The number of nitrogens with zero attached hydrogens (tertiary/aromatic N) is 5. The molecule has 10 nitrogen and oxygen atoms in total. The van der Waals surface area contributed by atoms with Crippen LogP contribution in [0.4, 0.5) is 0 Å². The number of rotatable bonds is 8. The van der Waals surface area contributed by atoms with Crippen LogP contribution in [0, 0.1) is 11.3 Å². The molecule has 0 radical (unpaired) electrons. The van der Waals surface area contributed by atoms with E-state index in [1.54, 1.807) is 24.3 Å². The van der Waals surface area contributed by atoms with Crippen molar-refractivity contribution in [3.05, 3.63) is 54.5 Å². The Morgan fingerprint density at radius 3 is 2.79 bits per heavy atom. The zero-order valence-electron chi connectivity index (χ0n) is 15.2. The Labute approximate surface area is 165 Å². The fourth-order valence-corrected chi connectivity index (χ4v) is 2.35. The van der Waals surface area contributed by atoms with Gasteiger partial charge in [-0.25, -0.2) is 4.79 Å². The first-order chi connectivity index (χ1) is 14.2. The highest BCUT2D eigenvalue weighted by Gasteiger charge is 2.21. The van der Waals surface area contributed by atoms with Gasteiger partial charge < -0.3 is 14.5 Å². The number of carbonyl (C=O) groups excluding carboxylic acids is 2. The Kier molecular flexibility index (Phi) is 6.46. The first-order valence-electron chi connectivity index (χ1n) is 8.59. The number of amides is 1. The standard InChI is InChI=1S/C19H16N6O4/c20-9-5-10-21-17(26)13-29-19(27)16(12-15-8-4-11-28-15)25-18(22-23-24-25)14-6-2-1-3-7-14/h1-4,6-8,11-12H,5,10,13H2,(H,21,26)/b16-12-. The van der Waals surface area contributed by atoms with Crippen molar-refractivity contribution in [1.29, 1.82) is 5.26 Å². The Hall–Kier alpha value is -4.26. The molecule has 0 fully saturated rings. The lowest BCUT2D eigenvalue weighted by Gasteiger charge is -2.10. The average Bonchev–Trinajstić information content (AvgIpc) is 3.43. The van der Waals surface area contributed by atoms with Crippen LogP contribution in [0.1, 0.15) is 12.2 Å². The summed E-state index contributed by atoms with van der Waals surface area (Å²) in [7, 11) is 0. The van der Waals surface area contributed by atoms with Crippen LogP contribution >= 0.6 is 0 Å². The molecule has 0 unspecified atom stereocenters. The third-order valence-electron chi connectivity index (χ3n) is 3.65. The lowest BCUT2D eigenvalue weighted by atomic mass is 10.2. The number of hydrogen-bond acceptors (Lipinski definition) is 8. The van der Waals surface area contributed by atoms with E-state index in [0.29, 0.717) is 17.1 Å². The lowest BCUT2D eigenvalue weighted by Crippen LogP contribution is -2.30. The minimum absolute atomic E-state index is 0.0337. The molecular weight excluding hydrogens is 376 g/mol. The van der Waals surface area contributed by atoms with Crippen molar-refractivity contribution in [3.8, 4) is 17.5 Å². The molecule has 0 bridgehead atoms. The summed E-state index contributed by atoms with van der Waals surface area (Å²) in [6.45, 7) is -0.338. The largest absolute Gasteiger partial charge is 0.465 e. The van der Waals surface area contributed by atoms with E-state index in [9.17, 15) is 9.59 Å². The van der Waals surface area contributed by atoms with Gasteiger partial charge in [-0.05, 0) is 22.6 Å². The van der Waals surface area contributed by atoms with Gasteiger partial charge in [-0.3, -0.25) is 4.79 Å². The Balaban J connectivity index is 1.84. The van der Waals surface area contributed by atoms with Gasteiger partial charge in [0.2, 0.25) is 0 Å². The van der Waals surface area contributed by atoms with E-state index in [2.05, 4.69) is 20.8 Å². The second kappa shape index (κ2) is 9.61. The van der Waals surface area contributed by atoms with Crippen molar-refractivity contribution in [1.82, 2.24) is 25.5 Å². The summed E-state index contributed by atoms with van der Waals surface area (Å²) >= 11 is 0. The summed E-state index contributed by atoms with van der Waals surface area (Å²) in [5, 5.41) is 22.5. The van der Waals surface area contributed by atoms with Gasteiger partial charge >= 0.3 is 5.97 Å². The fourth-order valence-electron chi connectivity index (χ4n) is 2.35. The molecular formula is C19H16N6O4. The van der Waals surface area contributed by atoms with Crippen molar-refractivity contribution in [2.24, 2.45) is 0 Å². The van der Waals surface area contributed by atoms with Crippen molar-refractivity contribution < 1.29 is 18.7 Å². The second-order valence-electron chi connectivity index (χ2n) is 5.66. The number of ether oxygens (including phenoxy) is 1. The summed E-state index contributed by atoms with van der Waals surface area (Å²) in [5.74, 6) is -0.643. The van der Waals surface area contributed by atoms with Crippen LogP contribution < -0.4 is 5.32 Å². The van der Waals surface area contributed by atoms with E-state index in [4.69, 9.17) is 14.4 Å². The molecule has 2 aromatic heterocycles. The van der Waals surface area contributed by atoms with Gasteiger partial charge in [0.1, 0.15) is 5.76 Å². The highest BCUT2D eigenvalue weighted by atomic mass is 16.5. The molecule has 29 heavy (non-hydrogen) atoms. The van der Waals surface area contributed by atoms with Gasteiger partial charge in [-0.1, -0.05) is 30.3 Å². The summed E-state index contributed by atoms with van der Waals surface area (Å²) in [4.78, 5) is 24.5. The van der Waals surface area contributed by atoms with Crippen LogP contribution in [-0.4, -0.2) is 45.2 Å². The second-order valence-corrected chi connectivity index (χ2v) is 5.66. The monoisotopic (exact) mass is 392 g/mol. The molecule has 1 N–H and O–H groups in total. The number of tetrazole rings is 1. The molecule has 0 saturated carbocycles. The summed E-state index contributed by atoms with van der Waals surface area (Å²) in [6.07, 6.45) is 3.03. The molecule has 2 heterocycles. The van der Waals surface area contributed by atoms with Gasteiger partial charge in [0.05, 0.1) is 18.8 Å². The first kappa shape index (κ1) is 19.5. The van der Waals surface area contributed by atoms with Gasteiger partial charge in [0, 0.05) is 18.2 Å². The molecule has 3 aromatic rings. The normalized spacial score (nSPS) is 10.9. The highest BCUT2D eigenvalue weighted by Crippen LogP contribution is 2.21. The van der Waals surface area contributed by atoms with Crippen molar-refractivity contribution in [2.45, 2.75) is 6.42 Å². The Morgan fingerprint density at radius 2 is 2.07 bits per heavy atom. The maximum Gasteiger partial charge on any atom is 0.357 e. The predicted octanol–water partition coefficient (Wildman–Crippen LogP) is 1.50. The zero-order valence-corrected chi connectivity index (χ0v) is 15.2. The third-order valence-corrected chi connectivity index (χ3v) is 3.65. The van der Waals surface area contributed by atoms with Gasteiger partial charge in [-0.15, -0.1) is 5.10 Å². The minimum Gasteiger partial charge on any atom is -0.465 e. The van der Waals surface area contributed by atoms with E-state index < -0.39 is 18.5 Å². The van der Waals surface area contributed by atoms with Crippen molar-refractivity contribution in [2.75, 3.05) is 13.2 Å². The first-order valence-corrected chi connectivity index (χ1v) is 8.59. The van der Waals surface area contributed by atoms with Crippen LogP contribution in [0.2, 0.25) is 0 Å². The summed E-state index contributed by atoms with van der Waals surface area (Å²) < 4.78 is 11.6. The highest BCUT2D eigenvalue weighted by molar-refractivity contribution is 6.15. The molecule has 0 saturated heterocycles. The van der Waals surface area contributed by atoms with Crippen LogP contribution in [-0.2, 0) is 14.3 Å². The Bertz CT molecular complexity index is 1030. The quantitative estimate of drug-likeness (QED) is 0.346. The van der Waals surface area contributed by atoms with E-state index in [-0.39, 0.29) is 18.7 Å². The van der Waals surface area contributed by atoms with E-state index in [1.807, 2.05) is 24.3 Å². The van der Waals surface area contributed by atoms with Crippen LogP contribution in [0.3, 0.4) is 0 Å². The molecule has 1 amide bonds. The lowest BCUT2D eigenvalue weighted by molar-refractivity contribution is -0.143. The van der Waals surface area contributed by atoms with Crippen LogP contribution in [0.25, 0.3) is 23.2 Å². The number of aromatic nitrogens is 4. The number of esters is 1. The minimum atomic E-state index is -0.818. The predicted molar refractivity (Wildman–Crippen MR) is 100 cm³/mol. The van der Waals surface area contributed by atoms with E-state index >= 15 is 0 Å². The summed E-state index contributed by atoms with van der Waals surface area (Å²) in [6, 6.07) is 14.3. The maximum absolute atomic E-state index is 12.7. The van der Waals surface area contributed by atoms with Crippen molar-refractivity contribution in [3.63, 3.8) is 0 Å². The molecule has 0 aliphatic heterocycles. The Morgan fingerprint density at radius 1 is 1.24 bits per heavy atom. The van der Waals surface area contributed by atoms with Gasteiger partial charge in [-0.2, -0.15) is 9.94 Å². The molecule has 0 aliphatic carbocycles. The molecule has 0 spiro atoms. The molecule has 146 valence electrons. The third kappa shape index (κ3) is 5.14. The molecule has 0 atom stereocenters. The van der Waals surface area contributed by atoms with Crippen LogP contribution in [0.15, 0.2) is 53.1 Å². The maximum atomic E-state index is 12.7. The molecule has 10 heteroatoms. The van der Waals surface area contributed by atoms with Gasteiger partial charge in [0.25, 0.3) is 5.91 Å². The van der Waals surface area contributed by atoms with Crippen molar-refractivity contribution >= 4 is 23.6 Å². The van der Waals surface area contributed by atoms with Gasteiger partial charge in [0.15, 0.2) is 18.1 Å². The number of carbonyl (C=O) groups is 2. The van der Waals surface area contributed by atoms with E-state index in [0.717, 1.165) is 0 Å².